The molecule has 0 radical (unpaired) electrons. The van der Waals surface area contributed by atoms with Gasteiger partial charge in [-0.05, 0) is 25.6 Å². The fraction of sp³-hybridized carbons (Fsp3) is 0.467. The summed E-state index contributed by atoms with van der Waals surface area (Å²) in [5.41, 5.74) is 1.35. The van der Waals surface area contributed by atoms with Gasteiger partial charge in [-0.3, -0.25) is 14.3 Å². The molecule has 0 aliphatic rings. The number of fused-ring (bicyclic) bond motifs is 1. The third kappa shape index (κ3) is 3.72. The zero-order valence-electron chi connectivity index (χ0n) is 12.4. The van der Waals surface area contributed by atoms with E-state index in [1.54, 1.807) is 17.6 Å². The smallest absolute Gasteiger partial charge is 0.419 e. The van der Waals surface area contributed by atoms with Crippen LogP contribution in [0.3, 0.4) is 0 Å². The van der Waals surface area contributed by atoms with E-state index < -0.39 is 0 Å². The molecule has 0 bridgehead atoms. The topological polar surface area (TPSA) is 64.7 Å². The zero-order chi connectivity index (χ0) is 15.2. The number of hydrogen-bond donors (Lipinski definition) is 0. The van der Waals surface area contributed by atoms with Gasteiger partial charge in [0.15, 0.2) is 5.58 Å². The predicted molar refractivity (Wildman–Crippen MR) is 79.2 cm³/mol. The van der Waals surface area contributed by atoms with Crippen LogP contribution in [-0.4, -0.2) is 41.7 Å². The summed E-state index contributed by atoms with van der Waals surface area (Å²) in [7, 11) is 0. The number of rotatable bonds is 7. The maximum atomic E-state index is 11.9. The molecule has 2 aromatic rings. The molecule has 2 rings (SSSR count). The number of nitrogens with zero attached hydrogens (tertiary/aromatic N) is 2. The van der Waals surface area contributed by atoms with Crippen LogP contribution < -0.4 is 5.76 Å². The van der Waals surface area contributed by atoms with E-state index in [0.29, 0.717) is 31.8 Å². The number of benzene rings is 1. The van der Waals surface area contributed by atoms with E-state index in [1.807, 2.05) is 30.0 Å². The molecule has 0 fully saturated rings. The van der Waals surface area contributed by atoms with E-state index in [0.717, 1.165) is 5.52 Å². The lowest BCUT2D eigenvalue weighted by Gasteiger charge is -2.19. The zero-order valence-corrected chi connectivity index (χ0v) is 12.4. The Labute approximate surface area is 122 Å². The predicted octanol–water partition coefficient (Wildman–Crippen LogP) is 1.48. The number of esters is 1. The second-order valence-corrected chi connectivity index (χ2v) is 4.66. The van der Waals surface area contributed by atoms with Crippen LogP contribution in [0.25, 0.3) is 11.1 Å². The molecule has 1 aromatic carbocycles. The van der Waals surface area contributed by atoms with Crippen molar-refractivity contribution in [2.24, 2.45) is 0 Å². The van der Waals surface area contributed by atoms with E-state index in [9.17, 15) is 9.59 Å². The van der Waals surface area contributed by atoms with E-state index in [2.05, 4.69) is 0 Å². The lowest BCUT2D eigenvalue weighted by molar-refractivity contribution is -0.144. The molecule has 0 aliphatic heterocycles. The Morgan fingerprint density at radius 2 is 2.10 bits per heavy atom. The van der Waals surface area contributed by atoms with Gasteiger partial charge in [-0.2, -0.15) is 0 Å². The molecule has 21 heavy (non-hydrogen) atoms. The minimum atomic E-state index is -0.372. The monoisotopic (exact) mass is 292 g/mol. The van der Waals surface area contributed by atoms with E-state index in [4.69, 9.17) is 9.15 Å². The number of likely N-dealkylation sites (N-methyl/N-ethyl adjacent to an activating group) is 1. The Kier molecular flexibility index (Phi) is 5.16. The highest BCUT2D eigenvalue weighted by Crippen LogP contribution is 2.11. The van der Waals surface area contributed by atoms with Crippen LogP contribution in [0.2, 0.25) is 0 Å². The van der Waals surface area contributed by atoms with Crippen molar-refractivity contribution in [3.8, 4) is 0 Å². The van der Waals surface area contributed by atoms with Crippen LogP contribution in [0.4, 0.5) is 0 Å². The quantitative estimate of drug-likeness (QED) is 0.723. The van der Waals surface area contributed by atoms with Crippen LogP contribution >= 0.6 is 0 Å². The molecule has 0 saturated heterocycles. The van der Waals surface area contributed by atoms with Gasteiger partial charge in [0, 0.05) is 13.1 Å². The van der Waals surface area contributed by atoms with Crippen molar-refractivity contribution in [2.45, 2.75) is 20.4 Å². The first-order valence-corrected chi connectivity index (χ1v) is 7.12. The van der Waals surface area contributed by atoms with E-state index in [-0.39, 0.29) is 18.3 Å². The highest BCUT2D eigenvalue weighted by molar-refractivity contribution is 5.72. The maximum absolute atomic E-state index is 11.9. The Morgan fingerprint density at radius 3 is 2.81 bits per heavy atom. The van der Waals surface area contributed by atoms with Gasteiger partial charge in [0.25, 0.3) is 0 Å². The van der Waals surface area contributed by atoms with Crippen LogP contribution in [0, 0.1) is 0 Å². The Morgan fingerprint density at radius 1 is 1.33 bits per heavy atom. The lowest BCUT2D eigenvalue weighted by Crippen LogP contribution is -2.34. The summed E-state index contributed by atoms with van der Waals surface area (Å²) in [6, 6.07) is 7.31. The minimum Gasteiger partial charge on any atom is -0.465 e. The first-order valence-electron chi connectivity index (χ1n) is 7.12. The summed E-state index contributed by atoms with van der Waals surface area (Å²) in [6.45, 7) is 6.13. The second kappa shape index (κ2) is 7.08. The molecule has 0 spiro atoms. The highest BCUT2D eigenvalue weighted by Gasteiger charge is 2.12. The van der Waals surface area contributed by atoms with Crippen LogP contribution in [0.5, 0.6) is 0 Å². The summed E-state index contributed by atoms with van der Waals surface area (Å²) in [6.07, 6.45) is 0. The SMILES string of the molecule is CCOC(=O)CN(CC)CCn1c(=O)oc2ccccc21. The van der Waals surface area contributed by atoms with Crippen LogP contribution in [0.1, 0.15) is 13.8 Å². The van der Waals surface area contributed by atoms with Crippen molar-refractivity contribution in [3.05, 3.63) is 34.8 Å². The average Bonchev–Trinajstić information content (AvgIpc) is 2.79. The van der Waals surface area contributed by atoms with Gasteiger partial charge in [-0.15, -0.1) is 0 Å². The van der Waals surface area contributed by atoms with E-state index >= 15 is 0 Å². The summed E-state index contributed by atoms with van der Waals surface area (Å²) >= 11 is 0. The number of hydrogen-bond acceptors (Lipinski definition) is 5. The standard InChI is InChI=1S/C15H20N2O4/c1-3-16(11-14(18)20-4-2)9-10-17-12-7-5-6-8-13(12)21-15(17)19/h5-8H,3-4,9-11H2,1-2H3. The number of carbonyl (C=O) groups excluding carboxylic acids is 1. The normalized spacial score (nSPS) is 11.2. The Hall–Kier alpha value is -2.08. The van der Waals surface area contributed by atoms with Gasteiger partial charge in [0.05, 0.1) is 18.7 Å². The summed E-state index contributed by atoms with van der Waals surface area (Å²) in [4.78, 5) is 25.3. The van der Waals surface area contributed by atoms with Crippen molar-refractivity contribution in [3.63, 3.8) is 0 Å². The molecule has 0 saturated carbocycles. The second-order valence-electron chi connectivity index (χ2n) is 4.66. The highest BCUT2D eigenvalue weighted by atomic mass is 16.5. The fourth-order valence-corrected chi connectivity index (χ4v) is 2.21. The van der Waals surface area contributed by atoms with E-state index in [1.165, 1.54) is 0 Å². The molecule has 1 heterocycles. The molecule has 0 atom stereocenters. The molecule has 0 amide bonds. The third-order valence-corrected chi connectivity index (χ3v) is 3.32. The van der Waals surface area contributed by atoms with Crippen molar-refractivity contribution < 1.29 is 13.9 Å². The molecule has 6 heteroatoms. The third-order valence-electron chi connectivity index (χ3n) is 3.32. The van der Waals surface area contributed by atoms with Crippen molar-refractivity contribution >= 4 is 17.1 Å². The van der Waals surface area contributed by atoms with Crippen LogP contribution in [0.15, 0.2) is 33.5 Å². The number of carbonyl (C=O) groups is 1. The van der Waals surface area contributed by atoms with Gasteiger partial charge in [-0.25, -0.2) is 4.79 Å². The molecule has 0 N–H and O–H groups in total. The number of oxazole rings is 1. The van der Waals surface area contributed by atoms with Crippen molar-refractivity contribution in [1.29, 1.82) is 0 Å². The maximum Gasteiger partial charge on any atom is 0.419 e. The number of para-hydroxylation sites is 2. The minimum absolute atomic E-state index is 0.231. The molecule has 114 valence electrons. The van der Waals surface area contributed by atoms with Crippen molar-refractivity contribution in [1.82, 2.24) is 9.47 Å². The molecular weight excluding hydrogens is 272 g/mol. The first kappa shape index (κ1) is 15.3. The van der Waals surface area contributed by atoms with Crippen molar-refractivity contribution in [2.75, 3.05) is 26.2 Å². The Bertz CT molecular complexity index is 659. The Balaban J connectivity index is 2.04. The molecule has 1 aromatic heterocycles. The molecule has 0 unspecified atom stereocenters. The number of ether oxygens (including phenoxy) is 1. The largest absolute Gasteiger partial charge is 0.465 e. The first-order chi connectivity index (χ1) is 10.2. The lowest BCUT2D eigenvalue weighted by atomic mass is 10.3. The van der Waals surface area contributed by atoms with Gasteiger partial charge >= 0.3 is 11.7 Å². The van der Waals surface area contributed by atoms with Gasteiger partial charge in [0.2, 0.25) is 0 Å². The number of aromatic nitrogens is 1. The van der Waals surface area contributed by atoms with Gasteiger partial charge in [-0.1, -0.05) is 19.1 Å². The van der Waals surface area contributed by atoms with Gasteiger partial charge in [0.1, 0.15) is 0 Å². The van der Waals surface area contributed by atoms with Gasteiger partial charge < -0.3 is 9.15 Å². The molecule has 0 aliphatic carbocycles. The fourth-order valence-electron chi connectivity index (χ4n) is 2.21. The summed E-state index contributed by atoms with van der Waals surface area (Å²) in [5.74, 6) is -0.618. The molecular formula is C15H20N2O4. The van der Waals surface area contributed by atoms with Crippen LogP contribution in [-0.2, 0) is 16.1 Å². The average molecular weight is 292 g/mol. The summed E-state index contributed by atoms with van der Waals surface area (Å²) < 4.78 is 11.7. The summed E-state index contributed by atoms with van der Waals surface area (Å²) in [5, 5.41) is 0. The molecule has 6 nitrogen and oxygen atoms in total.